The summed E-state index contributed by atoms with van der Waals surface area (Å²) in [4.78, 5) is 8.19. The Morgan fingerprint density at radius 1 is 1.09 bits per heavy atom. The van der Waals surface area contributed by atoms with Gasteiger partial charge in [0.2, 0.25) is 0 Å². The van der Waals surface area contributed by atoms with Crippen LogP contribution in [0.5, 0.6) is 0 Å². The van der Waals surface area contributed by atoms with Crippen LogP contribution in [0.4, 0.5) is 0 Å². The number of nitrogens with zero attached hydrogens (tertiary/aromatic N) is 1. The molecule has 112 valence electrons. The molecule has 0 aliphatic rings. The standard InChI is InChI=1S/C19H16N4/c1-11-18(14-10-13(19(20)21)7-8-16(14)22-11)17-9-6-12-4-2-3-5-15(12)23-17/h2-10,22H,1H3,(H3,20,21). The van der Waals surface area contributed by atoms with Gasteiger partial charge in [-0.3, -0.25) is 5.41 Å². The Bertz CT molecular complexity index is 1060. The zero-order valence-electron chi connectivity index (χ0n) is 12.7. The van der Waals surface area contributed by atoms with E-state index in [2.05, 4.69) is 17.1 Å². The highest BCUT2D eigenvalue weighted by Crippen LogP contribution is 2.32. The highest BCUT2D eigenvalue weighted by molar-refractivity contribution is 6.03. The number of aryl methyl sites for hydroxylation is 1. The molecule has 4 nitrogen and oxygen atoms in total. The van der Waals surface area contributed by atoms with E-state index in [4.69, 9.17) is 16.1 Å². The fourth-order valence-corrected chi connectivity index (χ4v) is 3.03. The lowest BCUT2D eigenvalue weighted by molar-refractivity contribution is 1.28. The number of hydrogen-bond acceptors (Lipinski definition) is 2. The predicted molar refractivity (Wildman–Crippen MR) is 94.8 cm³/mol. The van der Waals surface area contributed by atoms with Crippen molar-refractivity contribution in [1.82, 2.24) is 9.97 Å². The summed E-state index contributed by atoms with van der Waals surface area (Å²) in [6.45, 7) is 2.04. The number of nitrogens with one attached hydrogen (secondary N) is 2. The van der Waals surface area contributed by atoms with Crippen LogP contribution >= 0.6 is 0 Å². The number of rotatable bonds is 2. The molecular weight excluding hydrogens is 284 g/mol. The van der Waals surface area contributed by atoms with Crippen LogP contribution in [0.3, 0.4) is 0 Å². The Balaban J connectivity index is 2.00. The van der Waals surface area contributed by atoms with Crippen LogP contribution in [0, 0.1) is 12.3 Å². The van der Waals surface area contributed by atoms with Gasteiger partial charge in [-0.1, -0.05) is 24.3 Å². The van der Waals surface area contributed by atoms with Crippen LogP contribution in [0.15, 0.2) is 54.6 Å². The SMILES string of the molecule is Cc1[nH]c2ccc(C(=N)N)cc2c1-c1ccc2ccccc2n1. The van der Waals surface area contributed by atoms with E-state index in [9.17, 15) is 0 Å². The van der Waals surface area contributed by atoms with Gasteiger partial charge in [-0.25, -0.2) is 4.98 Å². The number of hydrogen-bond donors (Lipinski definition) is 3. The molecule has 0 amide bonds. The van der Waals surface area contributed by atoms with Crippen LogP contribution in [-0.2, 0) is 0 Å². The zero-order valence-corrected chi connectivity index (χ0v) is 12.7. The number of amidine groups is 1. The van der Waals surface area contributed by atoms with Crippen molar-refractivity contribution >= 4 is 27.6 Å². The molecule has 4 aromatic rings. The van der Waals surface area contributed by atoms with Gasteiger partial charge in [0.1, 0.15) is 5.84 Å². The number of pyridine rings is 1. The summed E-state index contributed by atoms with van der Waals surface area (Å²) in [5, 5.41) is 9.82. The Labute approximate surface area is 133 Å². The van der Waals surface area contributed by atoms with Crippen LogP contribution in [0.2, 0.25) is 0 Å². The molecule has 23 heavy (non-hydrogen) atoms. The number of nitrogens with two attached hydrogens (primary N) is 1. The van der Waals surface area contributed by atoms with Gasteiger partial charge in [-0.15, -0.1) is 0 Å². The summed E-state index contributed by atoms with van der Waals surface area (Å²) in [5.41, 5.74) is 11.4. The molecule has 0 spiro atoms. The van der Waals surface area contributed by atoms with E-state index in [1.54, 1.807) is 0 Å². The van der Waals surface area contributed by atoms with Gasteiger partial charge in [0.25, 0.3) is 0 Å². The van der Waals surface area contributed by atoms with E-state index >= 15 is 0 Å². The molecule has 0 fully saturated rings. The molecule has 0 saturated heterocycles. The number of aromatic amines is 1. The van der Waals surface area contributed by atoms with Crippen molar-refractivity contribution in [3.8, 4) is 11.3 Å². The minimum Gasteiger partial charge on any atom is -0.384 e. The zero-order chi connectivity index (χ0) is 16.0. The van der Waals surface area contributed by atoms with Gasteiger partial charge >= 0.3 is 0 Å². The maximum absolute atomic E-state index is 7.65. The van der Waals surface area contributed by atoms with E-state index in [1.165, 1.54) is 0 Å². The van der Waals surface area contributed by atoms with E-state index in [1.807, 2.05) is 49.4 Å². The molecule has 0 aliphatic carbocycles. The first-order chi connectivity index (χ1) is 11.1. The molecule has 4 rings (SSSR count). The smallest absolute Gasteiger partial charge is 0.122 e. The Hall–Kier alpha value is -3.14. The normalized spacial score (nSPS) is 11.2. The maximum Gasteiger partial charge on any atom is 0.122 e. The molecule has 0 aliphatic heterocycles. The van der Waals surface area contributed by atoms with Gasteiger partial charge in [0.05, 0.1) is 11.2 Å². The molecule has 2 aromatic carbocycles. The molecule has 2 aromatic heterocycles. The second-order valence-corrected chi connectivity index (χ2v) is 5.69. The Morgan fingerprint density at radius 3 is 2.74 bits per heavy atom. The highest BCUT2D eigenvalue weighted by Gasteiger charge is 2.13. The molecule has 0 bridgehead atoms. The van der Waals surface area contributed by atoms with E-state index < -0.39 is 0 Å². The molecule has 0 radical (unpaired) electrons. The lowest BCUT2D eigenvalue weighted by atomic mass is 10.0. The largest absolute Gasteiger partial charge is 0.384 e. The van der Waals surface area contributed by atoms with Crippen LogP contribution in [-0.4, -0.2) is 15.8 Å². The van der Waals surface area contributed by atoms with Gasteiger partial charge in [0, 0.05) is 33.1 Å². The molecule has 4 heteroatoms. The highest BCUT2D eigenvalue weighted by atomic mass is 14.8. The number of benzene rings is 2. The van der Waals surface area contributed by atoms with Crippen LogP contribution in [0.25, 0.3) is 33.1 Å². The monoisotopic (exact) mass is 300 g/mol. The fraction of sp³-hybridized carbons (Fsp3) is 0.0526. The molecular formula is C19H16N4. The van der Waals surface area contributed by atoms with Gasteiger partial charge in [-0.2, -0.15) is 0 Å². The maximum atomic E-state index is 7.65. The van der Waals surface area contributed by atoms with E-state index in [0.717, 1.165) is 44.3 Å². The second-order valence-electron chi connectivity index (χ2n) is 5.69. The van der Waals surface area contributed by atoms with Crippen LogP contribution < -0.4 is 5.73 Å². The lowest BCUT2D eigenvalue weighted by Gasteiger charge is -2.05. The third-order valence-electron chi connectivity index (χ3n) is 4.15. The van der Waals surface area contributed by atoms with Gasteiger partial charge < -0.3 is 10.7 Å². The van der Waals surface area contributed by atoms with E-state index in [-0.39, 0.29) is 5.84 Å². The number of fused-ring (bicyclic) bond motifs is 2. The third kappa shape index (κ3) is 2.16. The van der Waals surface area contributed by atoms with Crippen molar-refractivity contribution < 1.29 is 0 Å². The first-order valence-corrected chi connectivity index (χ1v) is 7.46. The Morgan fingerprint density at radius 2 is 1.91 bits per heavy atom. The molecule has 0 atom stereocenters. The summed E-state index contributed by atoms with van der Waals surface area (Å²) < 4.78 is 0. The van der Waals surface area contributed by atoms with Crippen molar-refractivity contribution in [1.29, 1.82) is 5.41 Å². The van der Waals surface area contributed by atoms with Crippen molar-refractivity contribution in [3.05, 3.63) is 65.9 Å². The summed E-state index contributed by atoms with van der Waals surface area (Å²) in [6.07, 6.45) is 0. The molecule has 2 heterocycles. The minimum absolute atomic E-state index is 0.0724. The summed E-state index contributed by atoms with van der Waals surface area (Å²) in [7, 11) is 0. The minimum atomic E-state index is 0.0724. The lowest BCUT2D eigenvalue weighted by Crippen LogP contribution is -2.10. The first-order valence-electron chi connectivity index (χ1n) is 7.46. The molecule has 0 saturated carbocycles. The summed E-state index contributed by atoms with van der Waals surface area (Å²) >= 11 is 0. The van der Waals surface area contributed by atoms with Gasteiger partial charge in [-0.05, 0) is 37.3 Å². The van der Waals surface area contributed by atoms with Crippen molar-refractivity contribution in [2.24, 2.45) is 5.73 Å². The predicted octanol–water partition coefficient (Wildman–Crippen LogP) is 3.98. The van der Waals surface area contributed by atoms with E-state index in [0.29, 0.717) is 0 Å². The topological polar surface area (TPSA) is 78.5 Å². The van der Waals surface area contributed by atoms with Crippen LogP contribution in [0.1, 0.15) is 11.3 Å². The second kappa shape index (κ2) is 4.95. The first kappa shape index (κ1) is 13.5. The number of H-pyrrole nitrogens is 1. The van der Waals surface area contributed by atoms with Gasteiger partial charge in [0.15, 0.2) is 0 Å². The summed E-state index contributed by atoms with van der Waals surface area (Å²) in [6, 6.07) is 18.0. The average Bonchev–Trinajstić information content (AvgIpc) is 2.89. The Kier molecular flexibility index (Phi) is 2.91. The average molecular weight is 300 g/mol. The van der Waals surface area contributed by atoms with Crippen molar-refractivity contribution in [2.45, 2.75) is 6.92 Å². The molecule has 4 N–H and O–H groups in total. The quantitative estimate of drug-likeness (QED) is 0.387. The van der Waals surface area contributed by atoms with Crippen molar-refractivity contribution in [2.75, 3.05) is 0 Å². The number of aromatic nitrogens is 2. The third-order valence-corrected chi connectivity index (χ3v) is 4.15. The number of nitrogen functional groups attached to an aromatic ring is 1. The summed E-state index contributed by atoms with van der Waals surface area (Å²) in [5.74, 6) is 0.0724. The molecule has 0 unspecified atom stereocenters. The fourth-order valence-electron chi connectivity index (χ4n) is 3.03. The number of para-hydroxylation sites is 1. The van der Waals surface area contributed by atoms with Crippen molar-refractivity contribution in [3.63, 3.8) is 0 Å².